The molecule has 1 amide bonds. The molecule has 2 N–H and O–H groups in total. The van der Waals surface area contributed by atoms with E-state index in [4.69, 9.17) is 0 Å². The Bertz CT molecular complexity index is 498. The van der Waals surface area contributed by atoms with Gasteiger partial charge in [0.15, 0.2) is 0 Å². The summed E-state index contributed by atoms with van der Waals surface area (Å²) in [6.07, 6.45) is 2.38. The van der Waals surface area contributed by atoms with Gasteiger partial charge in [-0.05, 0) is 25.8 Å². The molecule has 0 unspecified atom stereocenters. The number of amides is 1. The van der Waals surface area contributed by atoms with Crippen LogP contribution < -0.4 is 10.6 Å². The van der Waals surface area contributed by atoms with Gasteiger partial charge in [-0.15, -0.1) is 0 Å². The van der Waals surface area contributed by atoms with E-state index in [2.05, 4.69) is 10.6 Å². The monoisotopic (exact) mass is 263 g/mol. The highest BCUT2D eigenvalue weighted by Crippen LogP contribution is 2.22. The van der Waals surface area contributed by atoms with Gasteiger partial charge in [0, 0.05) is 24.7 Å². The molecule has 1 saturated carbocycles. The molecule has 1 aromatic carbocycles. The van der Waals surface area contributed by atoms with Gasteiger partial charge in [0.1, 0.15) is 5.56 Å². The molecule has 0 aromatic heterocycles. The molecule has 0 heterocycles. The fourth-order valence-electron chi connectivity index (χ4n) is 1.92. The van der Waals surface area contributed by atoms with Crippen molar-refractivity contribution in [1.29, 1.82) is 0 Å². The highest BCUT2D eigenvalue weighted by molar-refractivity contribution is 5.98. The summed E-state index contributed by atoms with van der Waals surface area (Å²) in [4.78, 5) is 22.4. The number of nitrogens with zero attached hydrogens (tertiary/aromatic N) is 1. The molecule has 1 aliphatic carbocycles. The van der Waals surface area contributed by atoms with Gasteiger partial charge in [0.25, 0.3) is 11.6 Å². The Kier molecular flexibility index (Phi) is 4.11. The summed E-state index contributed by atoms with van der Waals surface area (Å²) in [5.41, 5.74) is 0.500. The Balaban J connectivity index is 1.97. The summed E-state index contributed by atoms with van der Waals surface area (Å²) in [5.74, 6) is -0.395. The number of hydrogen-bond donors (Lipinski definition) is 2. The van der Waals surface area contributed by atoms with E-state index in [-0.39, 0.29) is 11.3 Å². The quantitative estimate of drug-likeness (QED) is 0.461. The molecule has 0 radical (unpaired) electrons. The lowest BCUT2D eigenvalue weighted by Gasteiger charge is -2.07. The van der Waals surface area contributed by atoms with Gasteiger partial charge in [-0.3, -0.25) is 14.9 Å². The van der Waals surface area contributed by atoms with Crippen LogP contribution in [0, 0.1) is 17.0 Å². The minimum Gasteiger partial charge on any atom is -0.351 e. The van der Waals surface area contributed by atoms with E-state index in [0.29, 0.717) is 24.7 Å². The van der Waals surface area contributed by atoms with Gasteiger partial charge in [-0.25, -0.2) is 0 Å². The Labute approximate surface area is 111 Å². The second kappa shape index (κ2) is 5.79. The number of nitrogens with one attached hydrogen (secondary N) is 2. The molecule has 0 atom stereocenters. The van der Waals surface area contributed by atoms with Crippen LogP contribution in [-0.4, -0.2) is 30.0 Å². The fourth-order valence-corrected chi connectivity index (χ4v) is 1.92. The first kappa shape index (κ1) is 13.5. The smallest absolute Gasteiger partial charge is 0.285 e. The number of para-hydroxylation sites is 1. The number of rotatable bonds is 6. The Morgan fingerprint density at radius 1 is 1.42 bits per heavy atom. The number of aryl methyl sites for hydroxylation is 1. The molecule has 1 aromatic rings. The van der Waals surface area contributed by atoms with E-state index < -0.39 is 10.8 Å². The number of nitro groups is 1. The van der Waals surface area contributed by atoms with Crippen LogP contribution in [0.2, 0.25) is 0 Å². The molecule has 0 bridgehead atoms. The van der Waals surface area contributed by atoms with E-state index in [1.807, 2.05) is 0 Å². The van der Waals surface area contributed by atoms with Crippen molar-refractivity contribution >= 4 is 11.6 Å². The molecular weight excluding hydrogens is 246 g/mol. The van der Waals surface area contributed by atoms with Crippen LogP contribution in [0.5, 0.6) is 0 Å². The van der Waals surface area contributed by atoms with Crippen LogP contribution in [0.3, 0.4) is 0 Å². The maximum absolute atomic E-state index is 11.9. The summed E-state index contributed by atoms with van der Waals surface area (Å²) in [7, 11) is 0. The largest absolute Gasteiger partial charge is 0.351 e. The first-order valence-electron chi connectivity index (χ1n) is 6.35. The van der Waals surface area contributed by atoms with Gasteiger partial charge in [0.05, 0.1) is 4.92 Å². The highest BCUT2D eigenvalue weighted by atomic mass is 16.6. The van der Waals surface area contributed by atoms with E-state index >= 15 is 0 Å². The minimum absolute atomic E-state index is 0.116. The van der Waals surface area contributed by atoms with E-state index in [0.717, 1.165) is 0 Å². The van der Waals surface area contributed by atoms with E-state index in [1.165, 1.54) is 18.9 Å². The average Bonchev–Trinajstić information content (AvgIpc) is 3.17. The second-order valence-electron chi connectivity index (χ2n) is 4.71. The van der Waals surface area contributed by atoms with Crippen molar-refractivity contribution in [2.24, 2.45) is 0 Å². The van der Waals surface area contributed by atoms with Crippen molar-refractivity contribution in [3.63, 3.8) is 0 Å². The number of carbonyl (C=O) groups is 1. The third-order valence-corrected chi connectivity index (χ3v) is 3.09. The zero-order chi connectivity index (χ0) is 13.8. The van der Waals surface area contributed by atoms with Gasteiger partial charge in [-0.1, -0.05) is 12.1 Å². The normalized spacial score (nSPS) is 14.2. The first-order chi connectivity index (χ1) is 9.09. The number of carbonyl (C=O) groups excluding carboxylic acids is 1. The van der Waals surface area contributed by atoms with Crippen LogP contribution in [0.15, 0.2) is 18.2 Å². The van der Waals surface area contributed by atoms with Crippen LogP contribution in [-0.2, 0) is 0 Å². The zero-order valence-electron chi connectivity index (χ0n) is 10.8. The molecule has 19 heavy (non-hydrogen) atoms. The number of nitro benzene ring substituents is 1. The summed E-state index contributed by atoms with van der Waals surface area (Å²) in [6.45, 7) is 2.79. The summed E-state index contributed by atoms with van der Waals surface area (Å²) in [5, 5.41) is 17.0. The Morgan fingerprint density at radius 2 is 2.16 bits per heavy atom. The number of hydrogen-bond acceptors (Lipinski definition) is 4. The summed E-state index contributed by atoms with van der Waals surface area (Å²) < 4.78 is 0. The van der Waals surface area contributed by atoms with Gasteiger partial charge < -0.3 is 10.6 Å². The SMILES string of the molecule is Cc1cccc(C(=O)NCCNC2CC2)c1[N+](=O)[O-]. The molecule has 0 aliphatic heterocycles. The third kappa shape index (κ3) is 3.51. The van der Waals surface area contributed by atoms with E-state index in [9.17, 15) is 14.9 Å². The summed E-state index contributed by atoms with van der Waals surface area (Å²) in [6, 6.07) is 5.35. The standard InChI is InChI=1S/C13H17N3O3/c1-9-3-2-4-11(12(9)16(18)19)13(17)15-8-7-14-10-5-6-10/h2-4,10,14H,5-8H2,1H3,(H,15,17). The van der Waals surface area contributed by atoms with E-state index in [1.54, 1.807) is 19.1 Å². The Morgan fingerprint density at radius 3 is 2.79 bits per heavy atom. The third-order valence-electron chi connectivity index (χ3n) is 3.09. The fraction of sp³-hybridized carbons (Fsp3) is 0.462. The molecule has 6 heteroatoms. The van der Waals surface area contributed by atoms with Crippen molar-refractivity contribution in [3.05, 3.63) is 39.4 Å². The lowest BCUT2D eigenvalue weighted by molar-refractivity contribution is -0.385. The molecule has 1 fully saturated rings. The molecule has 2 rings (SSSR count). The zero-order valence-corrected chi connectivity index (χ0v) is 10.8. The molecular formula is C13H17N3O3. The van der Waals surface area contributed by atoms with Crippen molar-refractivity contribution in [1.82, 2.24) is 10.6 Å². The second-order valence-corrected chi connectivity index (χ2v) is 4.71. The van der Waals surface area contributed by atoms with Crippen molar-refractivity contribution in [2.45, 2.75) is 25.8 Å². The average molecular weight is 263 g/mol. The molecule has 0 saturated heterocycles. The van der Waals surface area contributed by atoms with Crippen LogP contribution in [0.25, 0.3) is 0 Å². The van der Waals surface area contributed by atoms with Gasteiger partial charge in [-0.2, -0.15) is 0 Å². The molecule has 6 nitrogen and oxygen atoms in total. The van der Waals surface area contributed by atoms with Crippen LogP contribution in [0.1, 0.15) is 28.8 Å². The Hall–Kier alpha value is -1.95. The van der Waals surface area contributed by atoms with Crippen molar-refractivity contribution in [2.75, 3.05) is 13.1 Å². The first-order valence-corrected chi connectivity index (χ1v) is 6.35. The summed E-state index contributed by atoms with van der Waals surface area (Å²) >= 11 is 0. The predicted octanol–water partition coefficient (Wildman–Crippen LogP) is 1.39. The van der Waals surface area contributed by atoms with Crippen LogP contribution in [0.4, 0.5) is 5.69 Å². The lowest BCUT2D eigenvalue weighted by atomic mass is 10.1. The maximum Gasteiger partial charge on any atom is 0.285 e. The van der Waals surface area contributed by atoms with Gasteiger partial charge >= 0.3 is 0 Å². The van der Waals surface area contributed by atoms with Crippen LogP contribution >= 0.6 is 0 Å². The van der Waals surface area contributed by atoms with Crippen molar-refractivity contribution < 1.29 is 9.72 Å². The van der Waals surface area contributed by atoms with Gasteiger partial charge in [0.2, 0.25) is 0 Å². The molecule has 102 valence electrons. The maximum atomic E-state index is 11.9. The van der Waals surface area contributed by atoms with Crippen molar-refractivity contribution in [3.8, 4) is 0 Å². The number of benzene rings is 1. The highest BCUT2D eigenvalue weighted by Gasteiger charge is 2.22. The molecule has 0 spiro atoms. The topological polar surface area (TPSA) is 84.3 Å². The molecule has 1 aliphatic rings. The minimum atomic E-state index is -0.507. The lowest BCUT2D eigenvalue weighted by Crippen LogP contribution is -2.33. The predicted molar refractivity (Wildman–Crippen MR) is 71.2 cm³/mol.